The van der Waals surface area contributed by atoms with Crippen LogP contribution in [-0.2, 0) is 4.74 Å². The van der Waals surface area contributed by atoms with Crippen LogP contribution in [0.4, 0.5) is 0 Å². The van der Waals surface area contributed by atoms with Crippen molar-refractivity contribution in [1.82, 2.24) is 4.90 Å². The highest BCUT2D eigenvalue weighted by atomic mass is 16.5. The first-order chi connectivity index (χ1) is 6.65. The molecular formula is C9H17NO4. The molecule has 0 aromatic rings. The molecule has 2 saturated heterocycles. The first kappa shape index (κ1) is 10.3. The first-order valence-corrected chi connectivity index (χ1v) is 4.96. The minimum atomic E-state index is -0.911. The van der Waals surface area contributed by atoms with Crippen molar-refractivity contribution in [2.24, 2.45) is 0 Å². The summed E-state index contributed by atoms with van der Waals surface area (Å²) in [5.74, 6) is 0. The summed E-state index contributed by atoms with van der Waals surface area (Å²) in [6, 6.07) is -0.323. The summed E-state index contributed by atoms with van der Waals surface area (Å²) in [7, 11) is 1.52. The van der Waals surface area contributed by atoms with Crippen LogP contribution in [0.15, 0.2) is 0 Å². The largest absolute Gasteiger partial charge is 0.391 e. The van der Waals surface area contributed by atoms with Crippen molar-refractivity contribution in [3.8, 4) is 0 Å². The quantitative estimate of drug-likeness (QED) is 0.467. The summed E-state index contributed by atoms with van der Waals surface area (Å²) in [4.78, 5) is 1.98. The van der Waals surface area contributed by atoms with E-state index in [4.69, 9.17) is 4.74 Å². The molecule has 0 bridgehead atoms. The normalized spacial score (nSPS) is 49.3. The van der Waals surface area contributed by atoms with E-state index in [2.05, 4.69) is 0 Å². The SMILES string of the molecule is COC1CN2CC[C@H](O)C2C(O)C1O. The first-order valence-electron chi connectivity index (χ1n) is 4.96. The molecule has 2 heterocycles. The van der Waals surface area contributed by atoms with Gasteiger partial charge in [0, 0.05) is 20.2 Å². The molecule has 0 aromatic carbocycles. The number of methoxy groups -OCH3 is 1. The summed E-state index contributed by atoms with van der Waals surface area (Å²) in [5.41, 5.74) is 0. The average Bonchev–Trinajstić information content (AvgIpc) is 2.54. The molecule has 0 radical (unpaired) electrons. The van der Waals surface area contributed by atoms with Gasteiger partial charge in [-0.05, 0) is 6.42 Å². The van der Waals surface area contributed by atoms with Gasteiger partial charge in [-0.25, -0.2) is 0 Å². The van der Waals surface area contributed by atoms with Gasteiger partial charge in [-0.2, -0.15) is 0 Å². The molecular weight excluding hydrogens is 186 g/mol. The van der Waals surface area contributed by atoms with E-state index in [9.17, 15) is 15.3 Å². The van der Waals surface area contributed by atoms with Crippen LogP contribution < -0.4 is 0 Å². The second-order valence-electron chi connectivity index (χ2n) is 4.10. The maximum absolute atomic E-state index is 9.79. The molecule has 2 fully saturated rings. The molecule has 4 unspecified atom stereocenters. The molecule has 2 aliphatic rings. The molecule has 2 aliphatic heterocycles. The van der Waals surface area contributed by atoms with Gasteiger partial charge >= 0.3 is 0 Å². The third-order valence-electron chi connectivity index (χ3n) is 3.33. The van der Waals surface area contributed by atoms with E-state index in [1.165, 1.54) is 7.11 Å². The van der Waals surface area contributed by atoms with Crippen molar-refractivity contribution in [2.75, 3.05) is 20.2 Å². The highest BCUT2D eigenvalue weighted by Crippen LogP contribution is 2.28. The van der Waals surface area contributed by atoms with E-state index in [0.29, 0.717) is 13.0 Å². The van der Waals surface area contributed by atoms with E-state index in [0.717, 1.165) is 6.54 Å². The number of piperidine rings is 1. The van der Waals surface area contributed by atoms with Crippen LogP contribution in [-0.4, -0.2) is 70.9 Å². The maximum atomic E-state index is 9.79. The van der Waals surface area contributed by atoms with Crippen LogP contribution >= 0.6 is 0 Å². The molecule has 0 saturated carbocycles. The zero-order valence-electron chi connectivity index (χ0n) is 8.21. The van der Waals surface area contributed by atoms with Crippen LogP contribution in [0.5, 0.6) is 0 Å². The Kier molecular flexibility index (Phi) is 2.77. The Morgan fingerprint density at radius 3 is 2.57 bits per heavy atom. The lowest BCUT2D eigenvalue weighted by atomic mass is 9.93. The van der Waals surface area contributed by atoms with Crippen LogP contribution in [0, 0.1) is 0 Å². The fourth-order valence-electron chi connectivity index (χ4n) is 2.49. The number of nitrogens with zero attached hydrogens (tertiary/aromatic N) is 1. The van der Waals surface area contributed by atoms with Gasteiger partial charge in [0.2, 0.25) is 0 Å². The Hall–Kier alpha value is -0.200. The molecule has 0 amide bonds. The van der Waals surface area contributed by atoms with Gasteiger partial charge in [0.25, 0.3) is 0 Å². The van der Waals surface area contributed by atoms with E-state index in [1.54, 1.807) is 0 Å². The van der Waals surface area contributed by atoms with Crippen molar-refractivity contribution in [3.63, 3.8) is 0 Å². The summed E-state index contributed by atoms with van der Waals surface area (Å²) >= 11 is 0. The lowest BCUT2D eigenvalue weighted by Crippen LogP contribution is -2.61. The van der Waals surface area contributed by atoms with Crippen LogP contribution in [0.2, 0.25) is 0 Å². The molecule has 5 heteroatoms. The van der Waals surface area contributed by atoms with Gasteiger partial charge in [0.05, 0.1) is 18.2 Å². The number of fused-ring (bicyclic) bond motifs is 1. The van der Waals surface area contributed by atoms with E-state index < -0.39 is 18.3 Å². The Morgan fingerprint density at radius 1 is 1.21 bits per heavy atom. The van der Waals surface area contributed by atoms with Gasteiger partial charge < -0.3 is 20.1 Å². The maximum Gasteiger partial charge on any atom is 0.109 e. The van der Waals surface area contributed by atoms with Crippen LogP contribution in [0.25, 0.3) is 0 Å². The Labute approximate surface area is 82.9 Å². The average molecular weight is 203 g/mol. The van der Waals surface area contributed by atoms with Gasteiger partial charge in [0.15, 0.2) is 0 Å². The topological polar surface area (TPSA) is 73.2 Å². The Morgan fingerprint density at radius 2 is 1.93 bits per heavy atom. The van der Waals surface area contributed by atoms with Gasteiger partial charge in [-0.3, -0.25) is 4.90 Å². The third kappa shape index (κ3) is 1.45. The lowest BCUT2D eigenvalue weighted by Gasteiger charge is -2.42. The van der Waals surface area contributed by atoms with E-state index in [1.807, 2.05) is 4.90 Å². The molecule has 0 aliphatic carbocycles. The second kappa shape index (κ2) is 3.75. The molecule has 5 atom stereocenters. The van der Waals surface area contributed by atoms with Crippen molar-refractivity contribution in [3.05, 3.63) is 0 Å². The zero-order valence-corrected chi connectivity index (χ0v) is 8.21. The van der Waals surface area contributed by atoms with Crippen molar-refractivity contribution in [1.29, 1.82) is 0 Å². The van der Waals surface area contributed by atoms with Crippen molar-refractivity contribution < 1.29 is 20.1 Å². The molecule has 5 nitrogen and oxygen atoms in total. The van der Waals surface area contributed by atoms with Gasteiger partial charge in [-0.15, -0.1) is 0 Å². The van der Waals surface area contributed by atoms with Gasteiger partial charge in [-0.1, -0.05) is 0 Å². The highest BCUT2D eigenvalue weighted by Gasteiger charge is 2.48. The van der Waals surface area contributed by atoms with Crippen molar-refractivity contribution in [2.45, 2.75) is 36.9 Å². The number of hydrogen-bond acceptors (Lipinski definition) is 5. The highest BCUT2D eigenvalue weighted by molar-refractivity contribution is 5.01. The molecule has 82 valence electrons. The number of ether oxygens (including phenoxy) is 1. The summed E-state index contributed by atoms with van der Waals surface area (Å²) < 4.78 is 5.08. The van der Waals surface area contributed by atoms with Crippen molar-refractivity contribution >= 4 is 0 Å². The second-order valence-corrected chi connectivity index (χ2v) is 4.10. The van der Waals surface area contributed by atoms with Crippen LogP contribution in [0.1, 0.15) is 6.42 Å². The Balaban J connectivity index is 2.13. The minimum Gasteiger partial charge on any atom is -0.391 e. The number of aliphatic hydroxyl groups excluding tert-OH is 3. The van der Waals surface area contributed by atoms with Crippen LogP contribution in [0.3, 0.4) is 0 Å². The fraction of sp³-hybridized carbons (Fsp3) is 1.00. The standard InChI is InChI=1S/C9H17NO4/c1-14-6-4-10-3-2-5(11)7(10)9(13)8(6)12/h5-9,11-13H,2-4H2,1H3/t5-,6?,7?,8?,9?/m0/s1. The summed E-state index contributed by atoms with van der Waals surface area (Å²) in [6.07, 6.45) is -2.03. The smallest absolute Gasteiger partial charge is 0.109 e. The molecule has 14 heavy (non-hydrogen) atoms. The summed E-state index contributed by atoms with van der Waals surface area (Å²) in [5, 5.41) is 29.1. The minimum absolute atomic E-state index is 0.323. The zero-order chi connectivity index (χ0) is 10.3. The molecule has 0 spiro atoms. The summed E-state index contributed by atoms with van der Waals surface area (Å²) in [6.45, 7) is 1.34. The monoisotopic (exact) mass is 203 g/mol. The molecule has 2 rings (SSSR count). The predicted molar refractivity (Wildman–Crippen MR) is 48.8 cm³/mol. The fourth-order valence-corrected chi connectivity index (χ4v) is 2.49. The number of aliphatic hydroxyl groups is 3. The third-order valence-corrected chi connectivity index (χ3v) is 3.33. The van der Waals surface area contributed by atoms with E-state index in [-0.39, 0.29) is 12.1 Å². The Bertz CT molecular complexity index is 213. The van der Waals surface area contributed by atoms with E-state index >= 15 is 0 Å². The number of hydrogen-bond donors (Lipinski definition) is 3. The predicted octanol–water partition coefficient (Wildman–Crippen LogP) is -1.83. The lowest BCUT2D eigenvalue weighted by molar-refractivity contribution is -0.150. The molecule has 3 N–H and O–H groups in total. The molecule has 0 aromatic heterocycles. The number of rotatable bonds is 1. The van der Waals surface area contributed by atoms with Gasteiger partial charge in [0.1, 0.15) is 12.2 Å².